The van der Waals surface area contributed by atoms with Crippen molar-refractivity contribution in [2.45, 2.75) is 62.3 Å². The summed E-state index contributed by atoms with van der Waals surface area (Å²) < 4.78 is 14.2. The van der Waals surface area contributed by atoms with Gasteiger partial charge in [-0.15, -0.1) is 0 Å². The van der Waals surface area contributed by atoms with Crippen molar-refractivity contribution >= 4 is 11.4 Å². The number of rotatable bonds is 3. The lowest BCUT2D eigenvalue weighted by atomic mass is 10.2. The number of nitrogens with one attached hydrogen (secondary N) is 1. The molecule has 0 saturated heterocycles. The van der Waals surface area contributed by atoms with Crippen LogP contribution in [0.15, 0.2) is 53.3 Å². The first-order valence-corrected chi connectivity index (χ1v) is 11.6. The zero-order valence-corrected chi connectivity index (χ0v) is 21.4. The van der Waals surface area contributed by atoms with E-state index < -0.39 is 0 Å². The van der Waals surface area contributed by atoms with Gasteiger partial charge in [0.1, 0.15) is 0 Å². The molecule has 3 aromatic rings. The number of hydrogen-bond donors (Lipinski definition) is 1. The summed E-state index contributed by atoms with van der Waals surface area (Å²) in [7, 11) is 1.87. The van der Waals surface area contributed by atoms with Crippen LogP contribution in [0, 0.1) is 6.92 Å². The average Bonchev–Trinajstić information content (AvgIpc) is 3.43. The minimum absolute atomic E-state index is 0.0357. The summed E-state index contributed by atoms with van der Waals surface area (Å²) >= 11 is 0. The van der Waals surface area contributed by atoms with Gasteiger partial charge in [-0.25, -0.2) is 4.68 Å². The molecule has 0 amide bonds. The van der Waals surface area contributed by atoms with E-state index in [2.05, 4.69) is 5.32 Å². The lowest BCUT2D eigenvalue weighted by Crippen LogP contribution is -2.19. The summed E-state index contributed by atoms with van der Waals surface area (Å²) in [4.78, 5) is 12.0. The molecule has 2 heterocycles. The van der Waals surface area contributed by atoms with Crippen molar-refractivity contribution in [3.05, 3.63) is 64.6 Å². The van der Waals surface area contributed by atoms with E-state index >= 15 is 0 Å². The highest BCUT2D eigenvalue weighted by molar-refractivity contribution is 5.64. The first kappa shape index (κ1) is 28.9. The fourth-order valence-corrected chi connectivity index (χ4v) is 2.77. The van der Waals surface area contributed by atoms with E-state index in [-0.39, 0.29) is 12.4 Å². The van der Waals surface area contributed by atoms with Gasteiger partial charge in [-0.1, -0.05) is 55.4 Å². The monoisotopic (exact) mass is 443 g/mol. The number of ether oxygens (including phenoxy) is 2. The van der Waals surface area contributed by atoms with Crippen LogP contribution in [0.3, 0.4) is 0 Å². The summed E-state index contributed by atoms with van der Waals surface area (Å²) in [6.07, 6.45) is 0. The first-order chi connectivity index (χ1) is 15.6. The number of hydrogen-bond acceptors (Lipinski definition) is 4. The number of anilines is 2. The molecular formula is C26H41N3O3. The number of fused-ring (bicyclic) bond motifs is 1. The highest BCUT2D eigenvalue weighted by Crippen LogP contribution is 2.35. The second-order valence-corrected chi connectivity index (χ2v) is 5.70. The Morgan fingerprint density at radius 3 is 1.81 bits per heavy atom. The number of nitrogens with zero attached hydrogens (tertiary/aromatic N) is 2. The topological polar surface area (TPSA) is 57.4 Å². The molecule has 1 aromatic heterocycles. The molecule has 0 atom stereocenters. The Morgan fingerprint density at radius 1 is 0.750 bits per heavy atom. The molecule has 6 heteroatoms. The second-order valence-electron chi connectivity index (χ2n) is 5.70. The van der Waals surface area contributed by atoms with Crippen molar-refractivity contribution in [3.8, 4) is 17.2 Å². The van der Waals surface area contributed by atoms with Crippen molar-refractivity contribution in [2.75, 3.05) is 12.1 Å². The molecule has 0 radical (unpaired) electrons. The summed E-state index contributed by atoms with van der Waals surface area (Å²) in [6.45, 7) is 18.2. The van der Waals surface area contributed by atoms with E-state index in [0.717, 1.165) is 34.3 Å². The molecule has 1 aliphatic heterocycles. The van der Waals surface area contributed by atoms with Crippen LogP contribution in [0.4, 0.5) is 11.4 Å². The van der Waals surface area contributed by atoms with Crippen LogP contribution >= 0.6 is 0 Å². The maximum atomic E-state index is 12.0. The van der Waals surface area contributed by atoms with Crippen molar-refractivity contribution in [1.82, 2.24) is 9.36 Å². The summed E-state index contributed by atoms with van der Waals surface area (Å²) in [5.74, 6) is 1.50. The van der Waals surface area contributed by atoms with Gasteiger partial charge in [0.15, 0.2) is 11.5 Å². The Morgan fingerprint density at radius 2 is 1.28 bits per heavy atom. The van der Waals surface area contributed by atoms with Crippen molar-refractivity contribution in [2.24, 2.45) is 7.05 Å². The normalized spacial score (nSPS) is 10.1. The Balaban J connectivity index is 0.00000109. The third-order valence-corrected chi connectivity index (χ3v) is 4.12. The zero-order valence-electron chi connectivity index (χ0n) is 21.4. The molecule has 1 N–H and O–H groups in total. The van der Waals surface area contributed by atoms with Crippen LogP contribution in [0.1, 0.15) is 61.1 Å². The van der Waals surface area contributed by atoms with E-state index in [1.807, 2.05) is 117 Å². The minimum Gasteiger partial charge on any atom is -0.454 e. The maximum absolute atomic E-state index is 12.0. The van der Waals surface area contributed by atoms with E-state index in [1.165, 1.54) is 0 Å². The summed E-state index contributed by atoms with van der Waals surface area (Å²) in [5.41, 5.74) is 3.55. The molecule has 0 saturated carbocycles. The standard InChI is InChI=1S/C18H17N3O3.4C2H6/c1-12-9-18(22)21(20(12)2)15-6-3-13(4-7-15)19-14-5-8-16-17(10-14)24-11-23-16;4*1-2/h3-10,19H,11H2,1-2H3;4*1-2H3. The number of aromatic nitrogens is 2. The van der Waals surface area contributed by atoms with E-state index in [0.29, 0.717) is 0 Å². The lowest BCUT2D eigenvalue weighted by molar-refractivity contribution is 0.174. The molecular weight excluding hydrogens is 402 g/mol. The second kappa shape index (κ2) is 15.6. The van der Waals surface area contributed by atoms with Crippen LogP contribution in [0.5, 0.6) is 11.5 Å². The molecule has 0 fully saturated rings. The third kappa shape index (κ3) is 7.22. The Labute approximate surface area is 193 Å². The Bertz CT molecular complexity index is 957. The first-order valence-electron chi connectivity index (χ1n) is 11.6. The highest BCUT2D eigenvalue weighted by Gasteiger charge is 2.13. The quantitative estimate of drug-likeness (QED) is 0.471. The largest absolute Gasteiger partial charge is 0.454 e. The third-order valence-electron chi connectivity index (χ3n) is 4.12. The van der Waals surface area contributed by atoms with Gasteiger partial charge in [-0.3, -0.25) is 9.48 Å². The predicted octanol–water partition coefficient (Wildman–Crippen LogP) is 7.06. The Kier molecular flexibility index (Phi) is 14.1. The smallest absolute Gasteiger partial charge is 0.271 e. The average molecular weight is 444 g/mol. The molecule has 32 heavy (non-hydrogen) atoms. The van der Waals surface area contributed by atoms with Gasteiger partial charge in [0.25, 0.3) is 5.56 Å². The molecule has 0 spiro atoms. The van der Waals surface area contributed by atoms with Crippen LogP contribution in [0.25, 0.3) is 5.69 Å². The van der Waals surface area contributed by atoms with Gasteiger partial charge in [0.05, 0.1) is 5.69 Å². The van der Waals surface area contributed by atoms with Gasteiger partial charge in [0.2, 0.25) is 6.79 Å². The van der Waals surface area contributed by atoms with Crippen LogP contribution in [0.2, 0.25) is 0 Å². The Hall–Kier alpha value is -3.15. The van der Waals surface area contributed by atoms with Crippen LogP contribution in [-0.4, -0.2) is 16.2 Å². The summed E-state index contributed by atoms with van der Waals surface area (Å²) in [5, 5.41) is 3.32. The van der Waals surface area contributed by atoms with Gasteiger partial charge < -0.3 is 14.8 Å². The highest BCUT2D eigenvalue weighted by atomic mass is 16.7. The van der Waals surface area contributed by atoms with Crippen molar-refractivity contribution < 1.29 is 9.47 Å². The van der Waals surface area contributed by atoms with Gasteiger partial charge in [0, 0.05) is 36.2 Å². The molecule has 1 aliphatic rings. The number of benzene rings is 2. The lowest BCUT2D eigenvalue weighted by Gasteiger charge is -2.11. The van der Waals surface area contributed by atoms with E-state index in [9.17, 15) is 4.79 Å². The molecule has 0 aliphatic carbocycles. The fourth-order valence-electron chi connectivity index (χ4n) is 2.77. The molecule has 0 unspecified atom stereocenters. The molecule has 6 nitrogen and oxygen atoms in total. The molecule has 2 aromatic carbocycles. The maximum Gasteiger partial charge on any atom is 0.271 e. The van der Waals surface area contributed by atoms with Crippen molar-refractivity contribution in [1.29, 1.82) is 0 Å². The van der Waals surface area contributed by atoms with E-state index in [1.54, 1.807) is 10.7 Å². The van der Waals surface area contributed by atoms with E-state index in [4.69, 9.17) is 9.47 Å². The summed E-state index contributed by atoms with van der Waals surface area (Å²) in [6, 6.07) is 15.0. The zero-order chi connectivity index (χ0) is 24.7. The fraction of sp³-hybridized carbons (Fsp3) is 0.423. The van der Waals surface area contributed by atoms with Crippen LogP contribution < -0.4 is 20.3 Å². The van der Waals surface area contributed by atoms with Crippen LogP contribution in [-0.2, 0) is 7.05 Å². The van der Waals surface area contributed by atoms with Gasteiger partial charge in [-0.05, 0) is 43.3 Å². The minimum atomic E-state index is -0.0357. The predicted molar refractivity (Wildman–Crippen MR) is 137 cm³/mol. The molecule has 178 valence electrons. The van der Waals surface area contributed by atoms with Gasteiger partial charge >= 0.3 is 0 Å². The van der Waals surface area contributed by atoms with Gasteiger partial charge in [-0.2, -0.15) is 0 Å². The molecule has 4 rings (SSSR count). The number of aryl methyl sites for hydroxylation is 1. The van der Waals surface area contributed by atoms with Crippen molar-refractivity contribution in [3.63, 3.8) is 0 Å². The molecule has 0 bridgehead atoms. The SMILES string of the molecule is CC.CC.CC.CC.Cc1cc(=O)n(-c2ccc(Nc3ccc4c(c3)OCO4)cc2)n1C.